The Morgan fingerprint density at radius 2 is 2.07 bits per heavy atom. The van der Waals surface area contributed by atoms with Crippen molar-refractivity contribution in [2.24, 2.45) is 0 Å². The zero-order valence-electron chi connectivity index (χ0n) is 8.69. The van der Waals surface area contributed by atoms with Gasteiger partial charge in [0.05, 0.1) is 19.8 Å². The van der Waals surface area contributed by atoms with E-state index < -0.39 is 0 Å². The molecule has 0 spiro atoms. The second kappa shape index (κ2) is 7.51. The van der Waals surface area contributed by atoms with E-state index in [0.717, 1.165) is 32.1 Å². The third-order valence-corrected chi connectivity index (χ3v) is 2.92. The molecule has 0 unspecified atom stereocenters. The SMILES string of the molecule is OCCN(CCOCCS)C1CCC1. The van der Waals surface area contributed by atoms with Gasteiger partial charge in [0.15, 0.2) is 0 Å². The number of thiol groups is 1. The van der Waals surface area contributed by atoms with Gasteiger partial charge in [0, 0.05) is 24.9 Å². The Labute approximate surface area is 91.8 Å². The first-order valence-electron chi connectivity index (χ1n) is 5.42. The molecule has 1 aliphatic carbocycles. The van der Waals surface area contributed by atoms with Crippen LogP contribution in [0, 0.1) is 0 Å². The highest BCUT2D eigenvalue weighted by molar-refractivity contribution is 7.80. The highest BCUT2D eigenvalue weighted by Crippen LogP contribution is 2.24. The number of aliphatic hydroxyl groups excluding tert-OH is 1. The first-order chi connectivity index (χ1) is 6.88. The van der Waals surface area contributed by atoms with Crippen LogP contribution in [0.2, 0.25) is 0 Å². The van der Waals surface area contributed by atoms with Gasteiger partial charge in [-0.05, 0) is 12.8 Å². The normalized spacial score (nSPS) is 17.4. The lowest BCUT2D eigenvalue weighted by Gasteiger charge is -2.37. The quantitative estimate of drug-likeness (QED) is 0.467. The van der Waals surface area contributed by atoms with E-state index in [4.69, 9.17) is 9.84 Å². The highest BCUT2D eigenvalue weighted by Gasteiger charge is 2.23. The van der Waals surface area contributed by atoms with Gasteiger partial charge in [0.2, 0.25) is 0 Å². The first kappa shape index (κ1) is 12.3. The molecule has 0 saturated heterocycles. The van der Waals surface area contributed by atoms with Gasteiger partial charge >= 0.3 is 0 Å². The predicted molar refractivity (Wildman–Crippen MR) is 61.0 cm³/mol. The molecule has 1 fully saturated rings. The fraction of sp³-hybridized carbons (Fsp3) is 1.00. The van der Waals surface area contributed by atoms with Crippen LogP contribution in [-0.4, -0.2) is 54.7 Å². The topological polar surface area (TPSA) is 32.7 Å². The van der Waals surface area contributed by atoms with E-state index in [2.05, 4.69) is 17.5 Å². The fourth-order valence-electron chi connectivity index (χ4n) is 1.71. The lowest BCUT2D eigenvalue weighted by molar-refractivity contribution is 0.0580. The molecule has 1 N–H and O–H groups in total. The average Bonchev–Trinajstić information content (AvgIpc) is 2.10. The molecule has 84 valence electrons. The molecular weight excluding hydrogens is 198 g/mol. The van der Waals surface area contributed by atoms with Gasteiger partial charge in [-0.3, -0.25) is 4.90 Å². The van der Waals surface area contributed by atoms with Crippen molar-refractivity contribution in [3.05, 3.63) is 0 Å². The summed E-state index contributed by atoms with van der Waals surface area (Å²) >= 11 is 4.08. The number of hydrogen-bond donors (Lipinski definition) is 2. The molecule has 0 amide bonds. The Kier molecular flexibility index (Phi) is 6.60. The van der Waals surface area contributed by atoms with Crippen LogP contribution in [0.1, 0.15) is 19.3 Å². The predicted octanol–water partition coefficient (Wildman–Crippen LogP) is 0.780. The molecule has 1 aliphatic rings. The minimum Gasteiger partial charge on any atom is -0.395 e. The van der Waals surface area contributed by atoms with Crippen molar-refractivity contribution in [1.29, 1.82) is 0 Å². The molecular formula is C10H21NO2S. The summed E-state index contributed by atoms with van der Waals surface area (Å²) in [5, 5.41) is 8.91. The van der Waals surface area contributed by atoms with Crippen molar-refractivity contribution in [2.45, 2.75) is 25.3 Å². The van der Waals surface area contributed by atoms with E-state index in [9.17, 15) is 0 Å². The smallest absolute Gasteiger partial charge is 0.0593 e. The third kappa shape index (κ3) is 4.17. The van der Waals surface area contributed by atoms with Crippen LogP contribution in [-0.2, 0) is 4.74 Å². The average molecular weight is 219 g/mol. The maximum absolute atomic E-state index is 8.91. The zero-order chi connectivity index (χ0) is 10.2. The summed E-state index contributed by atoms with van der Waals surface area (Å²) in [4.78, 5) is 2.34. The summed E-state index contributed by atoms with van der Waals surface area (Å²) in [6.45, 7) is 3.47. The molecule has 3 nitrogen and oxygen atoms in total. The number of hydrogen-bond acceptors (Lipinski definition) is 4. The Balaban J connectivity index is 2.08. The minimum absolute atomic E-state index is 0.253. The van der Waals surface area contributed by atoms with Gasteiger partial charge in [-0.1, -0.05) is 6.42 Å². The Morgan fingerprint density at radius 1 is 1.29 bits per heavy atom. The molecule has 0 atom stereocenters. The van der Waals surface area contributed by atoms with E-state index in [1.807, 2.05) is 0 Å². The second-order valence-corrected chi connectivity index (χ2v) is 4.13. The largest absolute Gasteiger partial charge is 0.395 e. The van der Waals surface area contributed by atoms with Crippen molar-refractivity contribution in [3.8, 4) is 0 Å². The summed E-state index contributed by atoms with van der Waals surface area (Å²) in [6, 6.07) is 0.696. The van der Waals surface area contributed by atoms with Gasteiger partial charge in [-0.25, -0.2) is 0 Å². The third-order valence-electron chi connectivity index (χ3n) is 2.74. The van der Waals surface area contributed by atoms with Crippen molar-refractivity contribution in [1.82, 2.24) is 4.90 Å². The number of rotatable bonds is 8. The summed E-state index contributed by atoms with van der Waals surface area (Å²) in [6.07, 6.45) is 3.91. The van der Waals surface area contributed by atoms with Crippen molar-refractivity contribution >= 4 is 12.6 Å². The molecule has 0 heterocycles. The molecule has 0 aliphatic heterocycles. The van der Waals surface area contributed by atoms with Crippen LogP contribution in [0.25, 0.3) is 0 Å². The molecule has 1 rings (SSSR count). The van der Waals surface area contributed by atoms with Crippen LogP contribution in [0.4, 0.5) is 0 Å². The highest BCUT2D eigenvalue weighted by atomic mass is 32.1. The Hall–Kier alpha value is 0.230. The van der Waals surface area contributed by atoms with E-state index in [0.29, 0.717) is 6.04 Å². The molecule has 0 radical (unpaired) electrons. The fourth-order valence-corrected chi connectivity index (χ4v) is 1.83. The van der Waals surface area contributed by atoms with E-state index in [1.165, 1.54) is 19.3 Å². The summed E-state index contributed by atoms with van der Waals surface area (Å²) in [5.41, 5.74) is 0. The van der Waals surface area contributed by atoms with E-state index in [1.54, 1.807) is 0 Å². The molecule has 0 aromatic heterocycles. The first-order valence-corrected chi connectivity index (χ1v) is 6.05. The van der Waals surface area contributed by atoms with Crippen molar-refractivity contribution in [3.63, 3.8) is 0 Å². The van der Waals surface area contributed by atoms with Crippen molar-refractivity contribution in [2.75, 3.05) is 38.7 Å². The van der Waals surface area contributed by atoms with Gasteiger partial charge in [0.1, 0.15) is 0 Å². The molecule has 4 heteroatoms. The molecule has 1 saturated carbocycles. The van der Waals surface area contributed by atoms with Gasteiger partial charge in [-0.15, -0.1) is 0 Å². The number of ether oxygens (including phenoxy) is 1. The zero-order valence-corrected chi connectivity index (χ0v) is 9.59. The van der Waals surface area contributed by atoms with Crippen molar-refractivity contribution < 1.29 is 9.84 Å². The minimum atomic E-state index is 0.253. The molecule has 0 bridgehead atoms. The standard InChI is InChI=1S/C10H21NO2S/c12-6-4-11(10-2-1-3-10)5-7-13-8-9-14/h10,12,14H,1-9H2. The second-order valence-electron chi connectivity index (χ2n) is 3.68. The van der Waals surface area contributed by atoms with Crippen LogP contribution >= 0.6 is 12.6 Å². The summed E-state index contributed by atoms with van der Waals surface area (Å²) in [7, 11) is 0. The lowest BCUT2D eigenvalue weighted by atomic mass is 9.91. The van der Waals surface area contributed by atoms with Crippen LogP contribution < -0.4 is 0 Å². The Bertz CT molecular complexity index is 142. The maximum atomic E-state index is 8.91. The lowest BCUT2D eigenvalue weighted by Crippen LogP contribution is -2.43. The number of aliphatic hydroxyl groups is 1. The van der Waals surface area contributed by atoms with Crippen LogP contribution in [0.3, 0.4) is 0 Å². The molecule has 0 aromatic rings. The molecule has 14 heavy (non-hydrogen) atoms. The maximum Gasteiger partial charge on any atom is 0.0593 e. The van der Waals surface area contributed by atoms with E-state index >= 15 is 0 Å². The van der Waals surface area contributed by atoms with Gasteiger partial charge in [0.25, 0.3) is 0 Å². The number of nitrogens with zero attached hydrogens (tertiary/aromatic N) is 1. The monoisotopic (exact) mass is 219 g/mol. The Morgan fingerprint density at radius 3 is 2.57 bits per heavy atom. The van der Waals surface area contributed by atoms with E-state index in [-0.39, 0.29) is 6.61 Å². The summed E-state index contributed by atoms with van der Waals surface area (Å²) < 4.78 is 5.38. The summed E-state index contributed by atoms with van der Waals surface area (Å²) in [5.74, 6) is 0.781. The van der Waals surface area contributed by atoms with Gasteiger partial charge in [-0.2, -0.15) is 12.6 Å². The van der Waals surface area contributed by atoms with Gasteiger partial charge < -0.3 is 9.84 Å². The van der Waals surface area contributed by atoms with Crippen LogP contribution in [0.5, 0.6) is 0 Å². The van der Waals surface area contributed by atoms with Crippen LogP contribution in [0.15, 0.2) is 0 Å². The molecule has 0 aromatic carbocycles.